The molecule has 1 unspecified atom stereocenters. The predicted molar refractivity (Wildman–Crippen MR) is 57.6 cm³/mol. The Morgan fingerprint density at radius 2 is 1.88 bits per heavy atom. The molecule has 6 heteroatoms. The molecular weight excluding hydrogens is 232 g/mol. The van der Waals surface area contributed by atoms with Crippen LogP contribution < -0.4 is 10.5 Å². The van der Waals surface area contributed by atoms with Gasteiger partial charge < -0.3 is 20.3 Å². The smallest absolute Gasteiger partial charge is 0.190 e. The summed E-state index contributed by atoms with van der Waals surface area (Å²) in [5.41, 5.74) is 5.61. The SMILES string of the molecule is COCC(O)COc1c(F)cc(CN)cc1F. The fourth-order valence-electron chi connectivity index (χ4n) is 1.29. The van der Waals surface area contributed by atoms with Gasteiger partial charge in [-0.25, -0.2) is 8.78 Å². The number of aliphatic hydroxyl groups is 1. The van der Waals surface area contributed by atoms with E-state index in [1.54, 1.807) is 0 Å². The van der Waals surface area contributed by atoms with Crippen LogP contribution >= 0.6 is 0 Å². The number of aliphatic hydroxyl groups excluding tert-OH is 1. The highest BCUT2D eigenvalue weighted by Crippen LogP contribution is 2.23. The molecule has 0 saturated carbocycles. The highest BCUT2D eigenvalue weighted by molar-refractivity contribution is 5.31. The first-order valence-corrected chi connectivity index (χ1v) is 5.06. The van der Waals surface area contributed by atoms with Gasteiger partial charge in [-0.3, -0.25) is 0 Å². The summed E-state index contributed by atoms with van der Waals surface area (Å²) in [7, 11) is 1.40. The van der Waals surface area contributed by atoms with Crippen molar-refractivity contribution in [2.75, 3.05) is 20.3 Å². The molecule has 0 aromatic heterocycles. The molecule has 0 heterocycles. The Morgan fingerprint density at radius 1 is 1.29 bits per heavy atom. The van der Waals surface area contributed by atoms with Crippen LogP contribution in [-0.4, -0.2) is 31.5 Å². The summed E-state index contributed by atoms with van der Waals surface area (Å²) in [5.74, 6) is -2.19. The van der Waals surface area contributed by atoms with E-state index >= 15 is 0 Å². The van der Waals surface area contributed by atoms with Gasteiger partial charge in [-0.15, -0.1) is 0 Å². The largest absolute Gasteiger partial charge is 0.485 e. The van der Waals surface area contributed by atoms with Crippen LogP contribution in [0.15, 0.2) is 12.1 Å². The van der Waals surface area contributed by atoms with Crippen molar-refractivity contribution in [3.63, 3.8) is 0 Å². The number of ether oxygens (including phenoxy) is 2. The highest BCUT2D eigenvalue weighted by atomic mass is 19.1. The maximum Gasteiger partial charge on any atom is 0.190 e. The molecule has 17 heavy (non-hydrogen) atoms. The monoisotopic (exact) mass is 247 g/mol. The van der Waals surface area contributed by atoms with E-state index in [0.29, 0.717) is 5.56 Å². The third kappa shape index (κ3) is 3.92. The first-order valence-electron chi connectivity index (χ1n) is 5.06. The summed E-state index contributed by atoms with van der Waals surface area (Å²) in [5, 5.41) is 9.28. The Bertz CT molecular complexity index is 351. The summed E-state index contributed by atoms with van der Waals surface area (Å²) in [6.45, 7) is -0.172. The number of rotatable bonds is 6. The summed E-state index contributed by atoms with van der Waals surface area (Å²) < 4.78 is 36.3. The van der Waals surface area contributed by atoms with Gasteiger partial charge in [-0.1, -0.05) is 0 Å². The summed E-state index contributed by atoms with van der Waals surface area (Å²) in [6, 6.07) is 2.20. The van der Waals surface area contributed by atoms with E-state index in [9.17, 15) is 13.9 Å². The van der Waals surface area contributed by atoms with Gasteiger partial charge in [0, 0.05) is 13.7 Å². The van der Waals surface area contributed by atoms with Gasteiger partial charge in [0.1, 0.15) is 12.7 Å². The lowest BCUT2D eigenvalue weighted by atomic mass is 10.2. The highest BCUT2D eigenvalue weighted by Gasteiger charge is 2.14. The number of methoxy groups -OCH3 is 1. The molecule has 0 radical (unpaired) electrons. The topological polar surface area (TPSA) is 64.7 Å². The Balaban J connectivity index is 2.71. The van der Waals surface area contributed by atoms with Gasteiger partial charge in [-0.2, -0.15) is 0 Å². The molecule has 1 rings (SSSR count). The van der Waals surface area contributed by atoms with Crippen molar-refractivity contribution in [1.29, 1.82) is 0 Å². The number of hydrogen-bond acceptors (Lipinski definition) is 4. The number of hydrogen-bond donors (Lipinski definition) is 2. The molecule has 4 nitrogen and oxygen atoms in total. The van der Waals surface area contributed by atoms with Crippen LogP contribution in [0.1, 0.15) is 5.56 Å². The van der Waals surface area contributed by atoms with Crippen molar-refractivity contribution >= 4 is 0 Å². The minimum absolute atomic E-state index is 0.0319. The molecule has 0 bridgehead atoms. The second kappa shape index (κ2) is 6.48. The van der Waals surface area contributed by atoms with Gasteiger partial charge >= 0.3 is 0 Å². The first-order chi connectivity index (χ1) is 8.08. The molecule has 0 aliphatic carbocycles. The second-order valence-corrected chi connectivity index (χ2v) is 3.51. The van der Waals surface area contributed by atoms with Crippen molar-refractivity contribution < 1.29 is 23.4 Å². The molecule has 1 aromatic rings. The molecule has 0 spiro atoms. The minimum atomic E-state index is -0.937. The Morgan fingerprint density at radius 3 is 2.35 bits per heavy atom. The molecule has 0 saturated heterocycles. The molecule has 1 aromatic carbocycles. The van der Waals surface area contributed by atoms with Crippen LogP contribution in [0.3, 0.4) is 0 Å². The number of benzene rings is 1. The van der Waals surface area contributed by atoms with E-state index in [4.69, 9.17) is 10.5 Å². The Kier molecular flexibility index (Phi) is 5.27. The third-order valence-corrected chi connectivity index (χ3v) is 2.07. The predicted octanol–water partition coefficient (Wildman–Crippen LogP) is 0.810. The molecular formula is C11H15F2NO3. The Labute approximate surface area is 97.9 Å². The lowest BCUT2D eigenvalue weighted by Crippen LogP contribution is -2.23. The quantitative estimate of drug-likeness (QED) is 0.780. The molecule has 1 atom stereocenters. The van der Waals surface area contributed by atoms with E-state index in [1.807, 2.05) is 0 Å². The van der Waals surface area contributed by atoms with E-state index in [1.165, 1.54) is 7.11 Å². The average Bonchev–Trinajstić information content (AvgIpc) is 2.28. The molecule has 0 aliphatic heterocycles. The Hall–Kier alpha value is -1.24. The first kappa shape index (κ1) is 13.8. The second-order valence-electron chi connectivity index (χ2n) is 3.51. The van der Waals surface area contributed by atoms with Crippen molar-refractivity contribution in [3.8, 4) is 5.75 Å². The summed E-state index contributed by atoms with van der Waals surface area (Å²) in [4.78, 5) is 0. The van der Waals surface area contributed by atoms with Crippen LogP contribution in [0.25, 0.3) is 0 Å². The molecule has 3 N–H and O–H groups in total. The van der Waals surface area contributed by atoms with Gasteiger partial charge in [0.2, 0.25) is 0 Å². The minimum Gasteiger partial charge on any atom is -0.485 e. The van der Waals surface area contributed by atoms with Gasteiger partial charge in [-0.05, 0) is 17.7 Å². The zero-order valence-electron chi connectivity index (χ0n) is 9.45. The fourth-order valence-corrected chi connectivity index (χ4v) is 1.29. The standard InChI is InChI=1S/C11H15F2NO3/c1-16-5-8(15)6-17-11-9(12)2-7(4-14)3-10(11)13/h2-3,8,15H,4-6,14H2,1H3. The number of nitrogens with two attached hydrogens (primary N) is 1. The van der Waals surface area contributed by atoms with Crippen molar-refractivity contribution in [2.45, 2.75) is 12.6 Å². The summed E-state index contributed by atoms with van der Waals surface area (Å²) >= 11 is 0. The van der Waals surface area contributed by atoms with Crippen molar-refractivity contribution in [3.05, 3.63) is 29.3 Å². The van der Waals surface area contributed by atoms with Crippen LogP contribution in [0.4, 0.5) is 8.78 Å². The molecule has 96 valence electrons. The molecule has 0 aliphatic rings. The van der Waals surface area contributed by atoms with Gasteiger partial charge in [0.05, 0.1) is 6.61 Å². The maximum atomic E-state index is 13.4. The molecule has 0 amide bonds. The van der Waals surface area contributed by atoms with Crippen LogP contribution in [0.5, 0.6) is 5.75 Å². The van der Waals surface area contributed by atoms with Crippen molar-refractivity contribution in [1.82, 2.24) is 0 Å². The van der Waals surface area contributed by atoms with Gasteiger partial charge in [0.25, 0.3) is 0 Å². The van der Waals surface area contributed by atoms with E-state index in [2.05, 4.69) is 4.74 Å². The zero-order chi connectivity index (χ0) is 12.8. The lowest BCUT2D eigenvalue weighted by molar-refractivity contribution is 0.0305. The molecule has 0 fully saturated rings. The van der Waals surface area contributed by atoms with Crippen LogP contribution in [-0.2, 0) is 11.3 Å². The van der Waals surface area contributed by atoms with Crippen molar-refractivity contribution in [2.24, 2.45) is 5.73 Å². The van der Waals surface area contributed by atoms with Crippen LogP contribution in [0.2, 0.25) is 0 Å². The zero-order valence-corrected chi connectivity index (χ0v) is 9.45. The number of halogens is 2. The maximum absolute atomic E-state index is 13.4. The van der Waals surface area contributed by atoms with E-state index in [-0.39, 0.29) is 19.8 Å². The average molecular weight is 247 g/mol. The lowest BCUT2D eigenvalue weighted by Gasteiger charge is -2.13. The normalized spacial score (nSPS) is 12.5. The fraction of sp³-hybridized carbons (Fsp3) is 0.455. The van der Waals surface area contributed by atoms with Gasteiger partial charge in [0.15, 0.2) is 17.4 Å². The van der Waals surface area contributed by atoms with E-state index in [0.717, 1.165) is 12.1 Å². The third-order valence-electron chi connectivity index (χ3n) is 2.07. The van der Waals surface area contributed by atoms with Crippen LogP contribution in [0, 0.1) is 11.6 Å². The summed E-state index contributed by atoms with van der Waals surface area (Å²) in [6.07, 6.45) is -0.937. The van der Waals surface area contributed by atoms with E-state index < -0.39 is 23.5 Å².